The third-order valence-electron chi connectivity index (χ3n) is 1.07. The highest BCUT2D eigenvalue weighted by molar-refractivity contribution is 5.97. The van der Waals surface area contributed by atoms with Crippen LogP contribution in [0.15, 0.2) is 29.5 Å². The molecule has 0 saturated heterocycles. The van der Waals surface area contributed by atoms with Gasteiger partial charge in [0.15, 0.2) is 0 Å². The Balaban J connectivity index is 3.92. The Labute approximate surface area is 62.1 Å². The Morgan fingerprint density at radius 2 is 2.30 bits per heavy atom. The van der Waals surface area contributed by atoms with Crippen LogP contribution in [0.1, 0.15) is 20.3 Å². The molecular formula is C8H14N2. The standard InChI is InChI=1S/C8H14N2/c1-4-5-6-10-8(3)7(2)9/h5-6H,2,4,9H2,1,3H3/b6-5-,10-8?. The Morgan fingerprint density at radius 1 is 1.70 bits per heavy atom. The number of rotatable bonds is 3. The lowest BCUT2D eigenvalue weighted by Gasteiger charge is -1.92. The van der Waals surface area contributed by atoms with Crippen LogP contribution in [0.2, 0.25) is 0 Å². The topological polar surface area (TPSA) is 38.4 Å². The molecule has 0 atom stereocenters. The first kappa shape index (κ1) is 8.95. The molecule has 0 rings (SSSR count). The van der Waals surface area contributed by atoms with Crippen molar-refractivity contribution < 1.29 is 0 Å². The second-order valence-corrected chi connectivity index (χ2v) is 2.03. The molecule has 0 aromatic carbocycles. The number of hydrogen-bond donors (Lipinski definition) is 1. The Hall–Kier alpha value is -1.05. The summed E-state index contributed by atoms with van der Waals surface area (Å²) in [6.07, 6.45) is 4.70. The van der Waals surface area contributed by atoms with Gasteiger partial charge in [-0.2, -0.15) is 0 Å². The summed E-state index contributed by atoms with van der Waals surface area (Å²) in [6, 6.07) is 0. The van der Waals surface area contributed by atoms with E-state index in [4.69, 9.17) is 5.73 Å². The summed E-state index contributed by atoms with van der Waals surface area (Å²) in [5.74, 6) is 0. The largest absolute Gasteiger partial charge is 0.398 e. The summed E-state index contributed by atoms with van der Waals surface area (Å²) in [6.45, 7) is 7.44. The van der Waals surface area contributed by atoms with E-state index in [1.807, 2.05) is 13.0 Å². The van der Waals surface area contributed by atoms with Gasteiger partial charge in [-0.25, -0.2) is 0 Å². The zero-order valence-electron chi connectivity index (χ0n) is 6.59. The maximum absolute atomic E-state index is 5.36. The fraction of sp³-hybridized carbons (Fsp3) is 0.375. The van der Waals surface area contributed by atoms with Gasteiger partial charge in [0, 0.05) is 11.9 Å². The number of nitrogens with zero attached hydrogens (tertiary/aromatic N) is 1. The number of hydrogen-bond acceptors (Lipinski definition) is 2. The highest BCUT2D eigenvalue weighted by Gasteiger charge is 1.86. The van der Waals surface area contributed by atoms with Gasteiger partial charge in [0.25, 0.3) is 0 Å². The Morgan fingerprint density at radius 3 is 2.70 bits per heavy atom. The maximum atomic E-state index is 5.36. The summed E-state index contributed by atoms with van der Waals surface area (Å²) >= 11 is 0. The van der Waals surface area contributed by atoms with Crippen molar-refractivity contribution in [3.8, 4) is 0 Å². The van der Waals surface area contributed by atoms with Crippen LogP contribution < -0.4 is 5.73 Å². The van der Waals surface area contributed by atoms with Crippen LogP contribution in [-0.2, 0) is 0 Å². The molecule has 0 amide bonds. The molecule has 2 N–H and O–H groups in total. The van der Waals surface area contributed by atoms with Gasteiger partial charge in [-0.15, -0.1) is 0 Å². The molecule has 0 fully saturated rings. The van der Waals surface area contributed by atoms with Crippen LogP contribution in [-0.4, -0.2) is 5.71 Å². The SMILES string of the molecule is C=C(N)C(C)=N/C=C\CC. The van der Waals surface area contributed by atoms with Crippen LogP contribution in [0.5, 0.6) is 0 Å². The summed E-state index contributed by atoms with van der Waals surface area (Å²) in [7, 11) is 0. The smallest absolute Gasteiger partial charge is 0.0595 e. The molecule has 0 aliphatic rings. The first-order valence-electron chi connectivity index (χ1n) is 3.32. The lowest BCUT2D eigenvalue weighted by atomic mass is 10.3. The van der Waals surface area contributed by atoms with Crippen molar-refractivity contribution in [1.82, 2.24) is 0 Å². The third-order valence-corrected chi connectivity index (χ3v) is 1.07. The zero-order chi connectivity index (χ0) is 7.98. The zero-order valence-corrected chi connectivity index (χ0v) is 6.59. The molecule has 0 aliphatic heterocycles. The average Bonchev–Trinajstić information content (AvgIpc) is 1.88. The summed E-state index contributed by atoms with van der Waals surface area (Å²) < 4.78 is 0. The molecule has 0 radical (unpaired) electrons. The van der Waals surface area contributed by atoms with Crippen LogP contribution in [0.4, 0.5) is 0 Å². The lowest BCUT2D eigenvalue weighted by Crippen LogP contribution is -2.04. The lowest BCUT2D eigenvalue weighted by molar-refractivity contribution is 1.21. The van der Waals surface area contributed by atoms with Crippen LogP contribution in [0, 0.1) is 0 Å². The molecular weight excluding hydrogens is 124 g/mol. The van der Waals surface area contributed by atoms with Gasteiger partial charge >= 0.3 is 0 Å². The molecule has 0 unspecified atom stereocenters. The average molecular weight is 138 g/mol. The predicted octanol–water partition coefficient (Wildman–Crippen LogP) is 1.84. The quantitative estimate of drug-likeness (QED) is 0.594. The molecule has 0 aliphatic carbocycles. The summed E-state index contributed by atoms with van der Waals surface area (Å²) in [5, 5.41) is 0. The van der Waals surface area contributed by atoms with E-state index in [9.17, 15) is 0 Å². The number of nitrogens with two attached hydrogens (primary N) is 1. The molecule has 10 heavy (non-hydrogen) atoms. The van der Waals surface area contributed by atoms with Crippen molar-refractivity contribution in [1.29, 1.82) is 0 Å². The highest BCUT2D eigenvalue weighted by atomic mass is 14.7. The van der Waals surface area contributed by atoms with Crippen LogP contribution >= 0.6 is 0 Å². The predicted molar refractivity (Wildman–Crippen MR) is 45.9 cm³/mol. The maximum Gasteiger partial charge on any atom is 0.0595 e. The Kier molecular flexibility index (Phi) is 4.29. The van der Waals surface area contributed by atoms with Crippen molar-refractivity contribution in [2.75, 3.05) is 0 Å². The van der Waals surface area contributed by atoms with Gasteiger partial charge < -0.3 is 5.73 Å². The van der Waals surface area contributed by atoms with Gasteiger partial charge in [-0.05, 0) is 13.3 Å². The van der Waals surface area contributed by atoms with Crippen molar-refractivity contribution in [2.24, 2.45) is 10.7 Å². The van der Waals surface area contributed by atoms with E-state index >= 15 is 0 Å². The second kappa shape index (κ2) is 4.79. The fourth-order valence-corrected chi connectivity index (χ4v) is 0.353. The minimum Gasteiger partial charge on any atom is -0.398 e. The van der Waals surface area contributed by atoms with Crippen molar-refractivity contribution in [3.05, 3.63) is 24.6 Å². The van der Waals surface area contributed by atoms with E-state index in [1.165, 1.54) is 0 Å². The van der Waals surface area contributed by atoms with Gasteiger partial charge in [0.1, 0.15) is 0 Å². The molecule has 0 aromatic heterocycles. The van der Waals surface area contributed by atoms with E-state index in [0.717, 1.165) is 12.1 Å². The molecule has 0 spiro atoms. The molecule has 0 saturated carbocycles. The van der Waals surface area contributed by atoms with Crippen molar-refractivity contribution in [3.63, 3.8) is 0 Å². The number of aliphatic imine (C=N–C) groups is 1. The first-order valence-corrected chi connectivity index (χ1v) is 3.32. The second-order valence-electron chi connectivity index (χ2n) is 2.03. The van der Waals surface area contributed by atoms with Crippen molar-refractivity contribution >= 4 is 5.71 Å². The van der Waals surface area contributed by atoms with Gasteiger partial charge in [0.05, 0.1) is 5.71 Å². The Bertz CT molecular complexity index is 166. The monoisotopic (exact) mass is 138 g/mol. The molecule has 56 valence electrons. The minimum absolute atomic E-state index is 0.528. The van der Waals surface area contributed by atoms with E-state index in [-0.39, 0.29) is 0 Å². The van der Waals surface area contributed by atoms with Gasteiger partial charge in [0.2, 0.25) is 0 Å². The third kappa shape index (κ3) is 3.89. The molecule has 0 bridgehead atoms. The van der Waals surface area contributed by atoms with Crippen molar-refractivity contribution in [2.45, 2.75) is 20.3 Å². The minimum atomic E-state index is 0.528. The molecule has 0 heterocycles. The van der Waals surface area contributed by atoms with Crippen LogP contribution in [0.3, 0.4) is 0 Å². The molecule has 2 heteroatoms. The fourth-order valence-electron chi connectivity index (χ4n) is 0.353. The van der Waals surface area contributed by atoms with E-state index in [0.29, 0.717) is 5.70 Å². The van der Waals surface area contributed by atoms with Gasteiger partial charge in [-0.3, -0.25) is 4.99 Å². The van der Waals surface area contributed by atoms with E-state index < -0.39 is 0 Å². The van der Waals surface area contributed by atoms with E-state index in [2.05, 4.69) is 18.5 Å². The summed E-state index contributed by atoms with van der Waals surface area (Å²) in [5.41, 5.74) is 6.67. The highest BCUT2D eigenvalue weighted by Crippen LogP contribution is 1.87. The van der Waals surface area contributed by atoms with Gasteiger partial charge in [-0.1, -0.05) is 19.6 Å². The summed E-state index contributed by atoms with van der Waals surface area (Å²) in [4.78, 5) is 4.02. The van der Waals surface area contributed by atoms with E-state index in [1.54, 1.807) is 6.20 Å². The number of allylic oxidation sites excluding steroid dienone is 2. The van der Waals surface area contributed by atoms with Crippen LogP contribution in [0.25, 0.3) is 0 Å². The normalized spacial score (nSPS) is 12.4. The molecule has 2 nitrogen and oxygen atoms in total. The molecule has 0 aromatic rings. The first-order chi connectivity index (χ1) is 4.68.